The van der Waals surface area contributed by atoms with Gasteiger partial charge in [-0.15, -0.1) is 0 Å². The topological polar surface area (TPSA) is 47.8 Å². The van der Waals surface area contributed by atoms with Crippen molar-refractivity contribution in [2.24, 2.45) is 0 Å². The molecule has 5 heteroatoms. The number of rotatable bonds is 4. The van der Waals surface area contributed by atoms with Crippen molar-refractivity contribution in [3.05, 3.63) is 229 Å². The van der Waals surface area contributed by atoms with Crippen molar-refractivity contribution in [3.8, 4) is 39.6 Å². The molecule has 272 valence electrons. The predicted molar refractivity (Wildman–Crippen MR) is 237 cm³/mol. The number of hydrogen-bond acceptors (Lipinski definition) is 3. The van der Waals surface area contributed by atoms with Crippen LogP contribution in [0.1, 0.15) is 22.3 Å². The van der Waals surface area contributed by atoms with Crippen molar-refractivity contribution in [2.45, 2.75) is 5.41 Å². The summed E-state index contributed by atoms with van der Waals surface area (Å²) in [5.41, 5.74) is 11.5. The minimum atomic E-state index is -3.41. The second-order valence-electron chi connectivity index (χ2n) is 15.2. The lowest BCUT2D eigenvalue weighted by atomic mass is 9.62. The molecule has 0 saturated heterocycles. The molecule has 0 bridgehead atoms. The Hall–Kier alpha value is -7.13. The predicted octanol–water partition coefficient (Wildman–Crippen LogP) is 11.2. The Labute approximate surface area is 336 Å². The van der Waals surface area contributed by atoms with E-state index in [1.165, 1.54) is 21.8 Å². The standard InChI is InChI=1S/C53H34N3OP/c57-58(38-21-8-3-9-22-38)49-30-15-12-26-42(49)53(41-25-11-14-29-48(41)56-47-28-13-10-23-39(47)40-24-16-27-43(53)51(40)56)44-33-37(31-32-50(44)58)52-54-45(35-17-4-1-5-18-35)34-46(55-52)36-19-6-2-7-20-36/h1-34H. The van der Waals surface area contributed by atoms with Crippen molar-refractivity contribution in [1.29, 1.82) is 0 Å². The summed E-state index contributed by atoms with van der Waals surface area (Å²) in [6.07, 6.45) is 0. The maximum absolute atomic E-state index is 16.5. The van der Waals surface area contributed by atoms with E-state index in [0.29, 0.717) is 5.82 Å². The van der Waals surface area contributed by atoms with Gasteiger partial charge in [0.1, 0.15) is 0 Å². The lowest BCUT2D eigenvalue weighted by molar-refractivity contribution is 0.590. The van der Waals surface area contributed by atoms with Crippen LogP contribution in [0.15, 0.2) is 206 Å². The van der Waals surface area contributed by atoms with Gasteiger partial charge in [-0.3, -0.25) is 0 Å². The third-order valence-corrected chi connectivity index (χ3v) is 15.4. The van der Waals surface area contributed by atoms with Crippen molar-refractivity contribution < 1.29 is 4.57 Å². The van der Waals surface area contributed by atoms with Gasteiger partial charge in [-0.05, 0) is 52.6 Å². The molecule has 0 radical (unpaired) electrons. The van der Waals surface area contributed by atoms with E-state index in [9.17, 15) is 0 Å². The Balaban J connectivity index is 1.24. The molecule has 12 rings (SSSR count). The van der Waals surface area contributed by atoms with Crippen LogP contribution in [-0.2, 0) is 9.98 Å². The summed E-state index contributed by atoms with van der Waals surface area (Å²) in [5, 5.41) is 4.92. The number of aromatic nitrogens is 3. The molecule has 58 heavy (non-hydrogen) atoms. The SMILES string of the molecule is O=P1(c2ccccc2)c2ccccc2C2(c3ccccc3-n3c4ccccc4c4cccc2c43)c2cc(-c3nc(-c4ccccc4)cc(-c4ccccc4)n3)ccc21. The molecular formula is C53H34N3OP. The summed E-state index contributed by atoms with van der Waals surface area (Å²) in [7, 11) is -3.41. The molecule has 0 amide bonds. The molecule has 8 aromatic carbocycles. The first-order chi connectivity index (χ1) is 28.7. The molecule has 0 N–H and O–H groups in total. The van der Waals surface area contributed by atoms with E-state index in [1.54, 1.807) is 0 Å². The number of benzene rings is 8. The van der Waals surface area contributed by atoms with Gasteiger partial charge < -0.3 is 9.13 Å². The van der Waals surface area contributed by atoms with Gasteiger partial charge in [-0.1, -0.05) is 176 Å². The maximum atomic E-state index is 16.5. The highest BCUT2D eigenvalue weighted by Gasteiger charge is 2.54. The fourth-order valence-corrected chi connectivity index (χ4v) is 13.0. The summed E-state index contributed by atoms with van der Waals surface area (Å²) >= 11 is 0. The smallest absolute Gasteiger partial charge is 0.171 e. The van der Waals surface area contributed by atoms with Crippen LogP contribution >= 0.6 is 7.14 Å². The molecule has 0 aliphatic carbocycles. The van der Waals surface area contributed by atoms with E-state index in [1.807, 2.05) is 72.8 Å². The van der Waals surface area contributed by atoms with Crippen molar-refractivity contribution in [1.82, 2.24) is 14.5 Å². The van der Waals surface area contributed by atoms with Gasteiger partial charge in [-0.2, -0.15) is 0 Å². The fraction of sp³-hybridized carbons (Fsp3) is 0.0189. The number of hydrogen-bond donors (Lipinski definition) is 0. The Morgan fingerprint density at radius 1 is 0.431 bits per heavy atom. The summed E-state index contributed by atoms with van der Waals surface area (Å²) in [6, 6.07) is 71.9. The van der Waals surface area contributed by atoms with E-state index < -0.39 is 12.6 Å². The highest BCUT2D eigenvalue weighted by atomic mass is 31.2. The lowest BCUT2D eigenvalue weighted by Crippen LogP contribution is -2.48. The second-order valence-corrected chi connectivity index (χ2v) is 17.9. The minimum absolute atomic E-state index is 0.614. The zero-order valence-electron chi connectivity index (χ0n) is 31.3. The highest BCUT2D eigenvalue weighted by molar-refractivity contribution is 7.85. The Morgan fingerprint density at radius 3 is 1.74 bits per heavy atom. The van der Waals surface area contributed by atoms with Gasteiger partial charge >= 0.3 is 0 Å². The van der Waals surface area contributed by atoms with Crippen LogP contribution < -0.4 is 15.9 Å². The Bertz CT molecular complexity index is 3260. The largest absolute Gasteiger partial charge is 0.309 e. The van der Waals surface area contributed by atoms with Crippen LogP contribution in [0.5, 0.6) is 0 Å². The molecule has 1 spiro atoms. The minimum Gasteiger partial charge on any atom is -0.309 e. The zero-order valence-corrected chi connectivity index (χ0v) is 32.2. The van der Waals surface area contributed by atoms with Gasteiger partial charge in [0, 0.05) is 43.4 Å². The van der Waals surface area contributed by atoms with Crippen LogP contribution in [0, 0.1) is 0 Å². The van der Waals surface area contributed by atoms with Gasteiger partial charge in [0.25, 0.3) is 0 Å². The number of fused-ring (bicyclic) bond motifs is 11. The van der Waals surface area contributed by atoms with E-state index in [0.717, 1.165) is 71.9 Å². The molecule has 4 nitrogen and oxygen atoms in total. The Morgan fingerprint density at radius 2 is 1.00 bits per heavy atom. The van der Waals surface area contributed by atoms with E-state index in [2.05, 4.69) is 138 Å². The van der Waals surface area contributed by atoms with Crippen LogP contribution in [0.2, 0.25) is 0 Å². The molecular weight excluding hydrogens is 726 g/mol. The molecule has 0 fully saturated rings. The average Bonchev–Trinajstić information content (AvgIpc) is 3.65. The van der Waals surface area contributed by atoms with Crippen LogP contribution in [-0.4, -0.2) is 14.5 Å². The zero-order chi connectivity index (χ0) is 38.4. The molecule has 2 aliphatic rings. The van der Waals surface area contributed by atoms with Crippen molar-refractivity contribution in [2.75, 3.05) is 0 Å². The molecule has 2 aromatic heterocycles. The highest BCUT2D eigenvalue weighted by Crippen LogP contribution is 2.61. The summed E-state index contributed by atoms with van der Waals surface area (Å²) < 4.78 is 19.0. The summed E-state index contributed by atoms with van der Waals surface area (Å²) in [4.78, 5) is 10.6. The van der Waals surface area contributed by atoms with Crippen LogP contribution in [0.3, 0.4) is 0 Å². The molecule has 4 heterocycles. The summed E-state index contributed by atoms with van der Waals surface area (Å²) in [6.45, 7) is 0. The van der Waals surface area contributed by atoms with Crippen molar-refractivity contribution in [3.63, 3.8) is 0 Å². The third kappa shape index (κ3) is 4.44. The fourth-order valence-electron chi connectivity index (χ4n) is 9.88. The van der Waals surface area contributed by atoms with Gasteiger partial charge in [-0.25, -0.2) is 9.97 Å². The second kappa shape index (κ2) is 12.4. The van der Waals surface area contributed by atoms with Crippen molar-refractivity contribution >= 4 is 44.9 Å². The van der Waals surface area contributed by atoms with Crippen LogP contribution in [0.4, 0.5) is 0 Å². The first-order valence-electron chi connectivity index (χ1n) is 19.7. The third-order valence-electron chi connectivity index (χ3n) is 12.3. The van der Waals surface area contributed by atoms with Crippen LogP contribution in [0.25, 0.3) is 61.4 Å². The van der Waals surface area contributed by atoms with E-state index >= 15 is 4.57 Å². The Kier molecular flexibility index (Phi) is 7.09. The molecule has 0 saturated carbocycles. The summed E-state index contributed by atoms with van der Waals surface area (Å²) in [5.74, 6) is 0.614. The molecule has 2 unspecified atom stereocenters. The monoisotopic (exact) mass is 759 g/mol. The first kappa shape index (κ1) is 33.1. The lowest BCUT2D eigenvalue weighted by Gasteiger charge is -2.47. The van der Waals surface area contributed by atoms with Gasteiger partial charge in [0.15, 0.2) is 13.0 Å². The average molecular weight is 760 g/mol. The number of para-hydroxylation sites is 3. The van der Waals surface area contributed by atoms with Gasteiger partial charge in [0.05, 0.1) is 33.5 Å². The quantitative estimate of drug-likeness (QED) is 0.168. The first-order valence-corrected chi connectivity index (χ1v) is 21.4. The van der Waals surface area contributed by atoms with Gasteiger partial charge in [0.2, 0.25) is 0 Å². The normalized spacial score (nSPS) is 17.5. The molecule has 10 aromatic rings. The molecule has 2 aliphatic heterocycles. The maximum Gasteiger partial charge on any atom is 0.171 e. The van der Waals surface area contributed by atoms with E-state index in [4.69, 9.17) is 9.97 Å². The van der Waals surface area contributed by atoms with E-state index in [-0.39, 0.29) is 0 Å². The molecule has 2 atom stereocenters. The number of nitrogens with zero attached hydrogens (tertiary/aromatic N) is 3.